The van der Waals surface area contributed by atoms with E-state index in [0.717, 1.165) is 0 Å². The van der Waals surface area contributed by atoms with Crippen molar-refractivity contribution in [2.24, 2.45) is 10.6 Å². The number of aromatic nitrogens is 2. The molecule has 1 aromatic heterocycles. The second-order valence-electron chi connectivity index (χ2n) is 2.71. The van der Waals surface area contributed by atoms with Gasteiger partial charge in [-0.05, 0) is 0 Å². The fourth-order valence-corrected chi connectivity index (χ4v) is 1.000. The van der Waals surface area contributed by atoms with E-state index in [2.05, 4.69) is 20.2 Å². The molecule has 0 saturated carbocycles. The van der Waals surface area contributed by atoms with Gasteiger partial charge in [-0.2, -0.15) is 0 Å². The molecule has 0 aromatic carbocycles. The van der Waals surface area contributed by atoms with Crippen molar-refractivity contribution in [2.75, 3.05) is 11.5 Å². The quantitative estimate of drug-likeness (QED) is 0.278. The van der Waals surface area contributed by atoms with Crippen LogP contribution in [0.25, 0.3) is 0 Å². The molecule has 0 unspecified atom stereocenters. The van der Waals surface area contributed by atoms with Gasteiger partial charge in [-0.15, -0.1) is 0 Å². The SMILES string of the molecule is NC(=NB=O)NC(=O)c1nc(Cl)c(N)nc1N. The molecule has 0 bridgehead atoms. The molecule has 7 N–H and O–H groups in total. The molecule has 88 valence electrons. The average molecular weight is 255 g/mol. The number of nitrogens with one attached hydrogen (secondary N) is 1. The maximum atomic E-state index is 11.5. The second-order valence-corrected chi connectivity index (χ2v) is 3.07. The predicted molar refractivity (Wildman–Crippen MR) is 61.4 cm³/mol. The number of halogens is 1. The Morgan fingerprint density at radius 1 is 1.35 bits per heavy atom. The number of amides is 1. The Bertz CT molecular complexity index is 505. The summed E-state index contributed by atoms with van der Waals surface area (Å²) >= 11 is 5.58. The molecule has 1 heterocycles. The number of anilines is 2. The van der Waals surface area contributed by atoms with E-state index in [1.165, 1.54) is 0 Å². The van der Waals surface area contributed by atoms with Crippen LogP contribution >= 0.6 is 11.6 Å². The van der Waals surface area contributed by atoms with E-state index in [4.69, 9.17) is 28.8 Å². The summed E-state index contributed by atoms with van der Waals surface area (Å²) in [4.78, 5) is 21.9. The third-order valence-electron chi connectivity index (χ3n) is 1.55. The van der Waals surface area contributed by atoms with E-state index in [1.807, 2.05) is 0 Å². The molecule has 1 rings (SSSR count). The predicted octanol–water partition coefficient (Wildman–Crippen LogP) is -1.70. The van der Waals surface area contributed by atoms with Crippen molar-refractivity contribution in [1.82, 2.24) is 15.3 Å². The van der Waals surface area contributed by atoms with Gasteiger partial charge in [-0.1, -0.05) is 0 Å². The molecule has 1 amide bonds. The van der Waals surface area contributed by atoms with Gasteiger partial charge in [-0.25, -0.2) is 0 Å². The Morgan fingerprint density at radius 2 is 2.00 bits per heavy atom. The van der Waals surface area contributed by atoms with Gasteiger partial charge in [0.25, 0.3) is 0 Å². The van der Waals surface area contributed by atoms with Crippen LogP contribution in [-0.2, 0) is 4.70 Å². The Balaban J connectivity index is 3.01. The summed E-state index contributed by atoms with van der Waals surface area (Å²) in [6.45, 7) is 0. The number of hydrogen-bond donors (Lipinski definition) is 4. The molecule has 9 nitrogen and oxygen atoms in total. The first kappa shape index (κ1) is 12.8. The van der Waals surface area contributed by atoms with Crippen LogP contribution < -0.4 is 22.5 Å². The van der Waals surface area contributed by atoms with Crippen LogP contribution in [-0.4, -0.2) is 29.1 Å². The van der Waals surface area contributed by atoms with Crippen molar-refractivity contribution >= 4 is 42.4 Å². The van der Waals surface area contributed by atoms with Gasteiger partial charge in [0.05, 0.1) is 0 Å². The Kier molecular flexibility index (Phi) is 3.93. The summed E-state index contributed by atoms with van der Waals surface area (Å²) in [6.07, 6.45) is 0. The van der Waals surface area contributed by atoms with E-state index >= 15 is 0 Å². The minimum absolute atomic E-state index is 0.102. The molecule has 17 heavy (non-hydrogen) atoms. The molecule has 0 aliphatic heterocycles. The first-order valence-electron chi connectivity index (χ1n) is 4.12. The standard InChI is InChI=1S/C6H7BClN7O2/c8-2-4(10)13-3(9)1(12-2)5(16)14-6(11)15-7-17/h(H4,9,10,13)(H3,11,14,15,16). The monoisotopic (exact) mass is 255 g/mol. The van der Waals surface area contributed by atoms with Crippen molar-refractivity contribution in [1.29, 1.82) is 0 Å². The van der Waals surface area contributed by atoms with Gasteiger partial charge in [0.1, 0.15) is 0 Å². The maximum absolute atomic E-state index is 11.5. The molecule has 0 spiro atoms. The third-order valence-corrected chi connectivity index (χ3v) is 1.83. The average Bonchev–Trinajstić information content (AvgIpc) is 2.23. The van der Waals surface area contributed by atoms with Crippen molar-refractivity contribution < 1.29 is 9.50 Å². The molecule has 0 radical (unpaired) electrons. The number of carbonyl (C=O) groups is 1. The van der Waals surface area contributed by atoms with Crippen molar-refractivity contribution in [3.05, 3.63) is 10.8 Å². The summed E-state index contributed by atoms with van der Waals surface area (Å²) in [6, 6.07) is 0. The number of nitrogens with zero attached hydrogens (tertiary/aromatic N) is 3. The molecule has 0 fully saturated rings. The van der Waals surface area contributed by atoms with E-state index < -0.39 is 11.9 Å². The second kappa shape index (κ2) is 5.21. The molecule has 0 atom stereocenters. The van der Waals surface area contributed by atoms with Gasteiger partial charge in [0, 0.05) is 0 Å². The van der Waals surface area contributed by atoms with Crippen LogP contribution in [0.3, 0.4) is 0 Å². The van der Waals surface area contributed by atoms with Gasteiger partial charge < -0.3 is 0 Å². The van der Waals surface area contributed by atoms with E-state index in [0.29, 0.717) is 0 Å². The summed E-state index contributed by atoms with van der Waals surface area (Å²) in [7, 11) is 0.167. The summed E-state index contributed by atoms with van der Waals surface area (Å²) in [5, 5.41) is 1.89. The van der Waals surface area contributed by atoms with Gasteiger partial charge in [-0.3, -0.25) is 0 Å². The van der Waals surface area contributed by atoms with E-state index in [9.17, 15) is 9.50 Å². The Morgan fingerprint density at radius 3 is 2.59 bits per heavy atom. The third kappa shape index (κ3) is 3.11. The van der Waals surface area contributed by atoms with Gasteiger partial charge in [0.2, 0.25) is 0 Å². The molecule has 11 heteroatoms. The van der Waals surface area contributed by atoms with Crippen LogP contribution in [0.15, 0.2) is 4.90 Å². The van der Waals surface area contributed by atoms with Crippen LogP contribution in [0.5, 0.6) is 0 Å². The van der Waals surface area contributed by atoms with Crippen LogP contribution in [0, 0.1) is 0 Å². The normalized spacial score (nSPS) is 10.8. The number of hydrogen-bond acceptors (Lipinski definition) is 6. The minimum atomic E-state index is -0.806. The fourth-order valence-electron chi connectivity index (χ4n) is 0.873. The molecule has 0 saturated heterocycles. The van der Waals surface area contributed by atoms with E-state index in [-0.39, 0.29) is 29.8 Å². The molecule has 0 aliphatic rings. The summed E-state index contributed by atoms with van der Waals surface area (Å²) < 4.78 is 9.99. The summed E-state index contributed by atoms with van der Waals surface area (Å²) in [5.74, 6) is -1.53. The van der Waals surface area contributed by atoms with Crippen LogP contribution in [0.1, 0.15) is 10.5 Å². The topological polar surface area (TPSA) is 162 Å². The number of rotatable bonds is 2. The number of nitrogens with two attached hydrogens (primary N) is 3. The van der Waals surface area contributed by atoms with Crippen molar-refractivity contribution in [2.45, 2.75) is 0 Å². The summed E-state index contributed by atoms with van der Waals surface area (Å²) in [5.41, 5.74) is 15.7. The Labute approximate surface area is 101 Å². The first-order chi connectivity index (χ1) is 7.95. The van der Waals surface area contributed by atoms with E-state index in [1.54, 1.807) is 0 Å². The zero-order valence-corrected chi connectivity index (χ0v) is 9.10. The van der Waals surface area contributed by atoms with Crippen LogP contribution in [0.4, 0.5) is 11.6 Å². The number of guanidine groups is 1. The fraction of sp³-hybridized carbons (Fsp3) is 0. The molecular weight excluding hydrogens is 248 g/mol. The first-order valence-corrected chi connectivity index (χ1v) is 4.50. The van der Waals surface area contributed by atoms with Crippen LogP contribution in [0.2, 0.25) is 5.15 Å². The molecule has 0 aliphatic carbocycles. The zero-order chi connectivity index (χ0) is 13.0. The van der Waals surface area contributed by atoms with Gasteiger partial charge >= 0.3 is 100 Å². The number of carbonyl (C=O) groups excluding carboxylic acids is 1. The Hall–Kier alpha value is -2.23. The number of nitrogen functional groups attached to an aromatic ring is 2. The van der Waals surface area contributed by atoms with Crippen molar-refractivity contribution in [3.63, 3.8) is 0 Å². The van der Waals surface area contributed by atoms with Gasteiger partial charge in [0.15, 0.2) is 0 Å². The zero-order valence-electron chi connectivity index (χ0n) is 8.35. The van der Waals surface area contributed by atoms with Crippen molar-refractivity contribution in [3.8, 4) is 0 Å². The molecule has 1 aromatic rings. The molecular formula is C6H7BClN7O2.